The highest BCUT2D eigenvalue weighted by molar-refractivity contribution is 7.99. The van der Waals surface area contributed by atoms with Gasteiger partial charge in [0.1, 0.15) is 5.76 Å². The van der Waals surface area contributed by atoms with Crippen LogP contribution in [0, 0.1) is 0 Å². The lowest BCUT2D eigenvalue weighted by atomic mass is 10.0. The SMILES string of the molecule is O=C(Cc1cccc2ccccc12)N/N=C\c1ccc(Sc2nc3ccccc3c(=O)n2-c2ccccc2)o1. The summed E-state index contributed by atoms with van der Waals surface area (Å²) in [4.78, 5) is 30.6. The molecule has 0 saturated heterocycles. The largest absolute Gasteiger partial charge is 0.448 e. The average Bonchev–Trinajstić information content (AvgIpc) is 3.41. The van der Waals surface area contributed by atoms with Gasteiger partial charge in [0, 0.05) is 0 Å². The van der Waals surface area contributed by atoms with Gasteiger partial charge in [-0.25, -0.2) is 10.4 Å². The number of hydrazone groups is 1. The van der Waals surface area contributed by atoms with Crippen LogP contribution in [0.3, 0.4) is 0 Å². The van der Waals surface area contributed by atoms with E-state index in [2.05, 4.69) is 10.5 Å². The number of hydrogen-bond donors (Lipinski definition) is 1. The van der Waals surface area contributed by atoms with Crippen LogP contribution < -0.4 is 11.0 Å². The first-order valence-corrected chi connectivity index (χ1v) is 13.1. The van der Waals surface area contributed by atoms with Crippen molar-refractivity contribution in [2.45, 2.75) is 16.7 Å². The number of nitrogens with zero attached hydrogens (tertiary/aromatic N) is 3. The molecule has 0 bridgehead atoms. The van der Waals surface area contributed by atoms with E-state index in [1.165, 1.54) is 18.0 Å². The van der Waals surface area contributed by atoms with E-state index in [1.807, 2.05) is 91.0 Å². The molecule has 0 spiro atoms. The first-order chi connectivity index (χ1) is 19.2. The Morgan fingerprint density at radius 1 is 0.872 bits per heavy atom. The molecule has 0 fully saturated rings. The summed E-state index contributed by atoms with van der Waals surface area (Å²) in [6.07, 6.45) is 1.66. The van der Waals surface area contributed by atoms with Crippen LogP contribution in [0.1, 0.15) is 11.3 Å². The number of hydrogen-bond acceptors (Lipinski definition) is 6. The molecule has 0 aliphatic carbocycles. The van der Waals surface area contributed by atoms with Crippen LogP contribution in [0.2, 0.25) is 0 Å². The van der Waals surface area contributed by atoms with Crippen LogP contribution in [0.5, 0.6) is 0 Å². The lowest BCUT2D eigenvalue weighted by molar-refractivity contribution is -0.120. The van der Waals surface area contributed by atoms with Crippen LogP contribution in [0.15, 0.2) is 134 Å². The molecule has 39 heavy (non-hydrogen) atoms. The highest BCUT2D eigenvalue weighted by Gasteiger charge is 2.15. The normalized spacial score (nSPS) is 11.4. The van der Waals surface area contributed by atoms with Crippen molar-refractivity contribution in [3.05, 3.63) is 131 Å². The molecule has 0 radical (unpaired) electrons. The minimum Gasteiger partial charge on any atom is -0.448 e. The van der Waals surface area contributed by atoms with Crippen molar-refractivity contribution in [2.24, 2.45) is 5.10 Å². The monoisotopic (exact) mass is 530 g/mol. The molecule has 0 atom stereocenters. The molecule has 0 unspecified atom stereocenters. The zero-order valence-electron chi connectivity index (χ0n) is 20.7. The summed E-state index contributed by atoms with van der Waals surface area (Å²) in [5.74, 6) is 0.230. The second-order valence-corrected chi connectivity index (χ2v) is 9.73. The fraction of sp³-hybridized carbons (Fsp3) is 0.0323. The van der Waals surface area contributed by atoms with Gasteiger partial charge in [0.2, 0.25) is 5.91 Å². The molecule has 0 aliphatic rings. The molecule has 4 aromatic carbocycles. The fourth-order valence-electron chi connectivity index (χ4n) is 4.36. The molecule has 0 saturated carbocycles. The van der Waals surface area contributed by atoms with Crippen LogP contribution in [-0.2, 0) is 11.2 Å². The summed E-state index contributed by atoms with van der Waals surface area (Å²) in [5, 5.41) is 7.74. The first kappa shape index (κ1) is 24.4. The van der Waals surface area contributed by atoms with Crippen LogP contribution >= 0.6 is 11.8 Å². The molecule has 0 aliphatic heterocycles. The van der Waals surface area contributed by atoms with Gasteiger partial charge < -0.3 is 4.42 Å². The molecular formula is C31H22N4O3S. The van der Waals surface area contributed by atoms with Crippen molar-refractivity contribution in [2.75, 3.05) is 0 Å². The van der Waals surface area contributed by atoms with Gasteiger partial charge in [0.25, 0.3) is 5.56 Å². The van der Waals surface area contributed by atoms with Crippen LogP contribution in [0.25, 0.3) is 27.4 Å². The van der Waals surface area contributed by atoms with Crippen molar-refractivity contribution < 1.29 is 9.21 Å². The van der Waals surface area contributed by atoms with Crippen molar-refractivity contribution in [3.8, 4) is 5.69 Å². The Bertz CT molecular complexity index is 1890. The summed E-state index contributed by atoms with van der Waals surface area (Å²) >= 11 is 1.24. The van der Waals surface area contributed by atoms with Gasteiger partial charge in [-0.1, -0.05) is 72.8 Å². The summed E-state index contributed by atoms with van der Waals surface area (Å²) in [5.41, 5.74) is 4.67. The third kappa shape index (κ3) is 5.23. The summed E-state index contributed by atoms with van der Waals surface area (Å²) in [6.45, 7) is 0. The number of para-hydroxylation sites is 2. The van der Waals surface area contributed by atoms with E-state index in [4.69, 9.17) is 9.40 Å². The van der Waals surface area contributed by atoms with E-state index in [0.717, 1.165) is 16.3 Å². The molecule has 7 nitrogen and oxygen atoms in total. The fourth-order valence-corrected chi connectivity index (χ4v) is 5.24. The highest BCUT2D eigenvalue weighted by Crippen LogP contribution is 2.29. The minimum absolute atomic E-state index is 0.156. The van der Waals surface area contributed by atoms with Gasteiger partial charge in [-0.3, -0.25) is 14.2 Å². The van der Waals surface area contributed by atoms with E-state index < -0.39 is 0 Å². The zero-order valence-corrected chi connectivity index (χ0v) is 21.5. The maximum absolute atomic E-state index is 13.4. The molecule has 8 heteroatoms. The smallest absolute Gasteiger partial charge is 0.266 e. The van der Waals surface area contributed by atoms with Crippen molar-refractivity contribution >= 4 is 45.6 Å². The third-order valence-electron chi connectivity index (χ3n) is 6.17. The van der Waals surface area contributed by atoms with E-state index >= 15 is 0 Å². The van der Waals surface area contributed by atoms with Gasteiger partial charge in [-0.2, -0.15) is 5.10 Å². The minimum atomic E-state index is -0.226. The number of carbonyl (C=O) groups excluding carboxylic acids is 1. The van der Waals surface area contributed by atoms with E-state index in [1.54, 1.807) is 22.8 Å². The zero-order chi connectivity index (χ0) is 26.6. The maximum Gasteiger partial charge on any atom is 0.266 e. The Hall–Kier alpha value is -4.95. The first-order valence-electron chi connectivity index (χ1n) is 12.3. The average molecular weight is 531 g/mol. The Balaban J connectivity index is 1.19. The quantitative estimate of drug-likeness (QED) is 0.156. The second-order valence-electron chi connectivity index (χ2n) is 8.75. The topological polar surface area (TPSA) is 89.5 Å². The summed E-state index contributed by atoms with van der Waals surface area (Å²) < 4.78 is 7.48. The molecule has 6 aromatic rings. The second kappa shape index (κ2) is 10.8. The van der Waals surface area contributed by atoms with Crippen molar-refractivity contribution in [1.29, 1.82) is 0 Å². The van der Waals surface area contributed by atoms with Gasteiger partial charge in [0.05, 0.1) is 29.2 Å². The molecule has 6 rings (SSSR count). The van der Waals surface area contributed by atoms with E-state index in [9.17, 15) is 9.59 Å². The number of nitrogens with one attached hydrogen (secondary N) is 1. The third-order valence-corrected chi connectivity index (χ3v) is 7.04. The number of fused-ring (bicyclic) bond motifs is 2. The molecule has 2 heterocycles. The summed E-state index contributed by atoms with van der Waals surface area (Å²) in [6, 6.07) is 34.0. The van der Waals surface area contributed by atoms with Gasteiger partial charge in [0.15, 0.2) is 10.2 Å². The molecule has 1 amide bonds. The lowest BCUT2D eigenvalue weighted by Gasteiger charge is -2.12. The molecular weight excluding hydrogens is 508 g/mol. The molecule has 2 aromatic heterocycles. The Kier molecular flexibility index (Phi) is 6.76. The van der Waals surface area contributed by atoms with Crippen molar-refractivity contribution in [1.82, 2.24) is 15.0 Å². The number of aromatic nitrogens is 2. The maximum atomic E-state index is 13.4. The Morgan fingerprint density at radius 2 is 1.62 bits per heavy atom. The predicted octanol–water partition coefficient (Wildman–Crippen LogP) is 5.98. The number of rotatable bonds is 7. The van der Waals surface area contributed by atoms with Crippen molar-refractivity contribution in [3.63, 3.8) is 0 Å². The lowest BCUT2D eigenvalue weighted by Crippen LogP contribution is -2.21. The van der Waals surface area contributed by atoms with Gasteiger partial charge in [-0.15, -0.1) is 0 Å². The summed E-state index contributed by atoms with van der Waals surface area (Å²) in [7, 11) is 0. The number of amides is 1. The van der Waals surface area contributed by atoms with Gasteiger partial charge in [-0.05, 0) is 64.5 Å². The van der Waals surface area contributed by atoms with Gasteiger partial charge >= 0.3 is 0 Å². The standard InChI is InChI=1S/C31H22N4O3S/c36-28(19-22-11-8-10-21-9-4-5-14-25(21)22)34-32-20-24-17-18-29(38-24)39-31-33-27-16-7-6-15-26(27)30(37)35(31)23-12-2-1-3-13-23/h1-18,20H,19H2,(H,34,36)/b32-20-. The van der Waals surface area contributed by atoms with Crippen LogP contribution in [0.4, 0.5) is 0 Å². The number of carbonyl (C=O) groups is 1. The number of furan rings is 1. The molecule has 190 valence electrons. The van der Waals surface area contributed by atoms with E-state index in [-0.39, 0.29) is 17.9 Å². The Morgan fingerprint density at radius 3 is 2.49 bits per heavy atom. The van der Waals surface area contributed by atoms with E-state index in [0.29, 0.717) is 32.6 Å². The number of benzene rings is 4. The van der Waals surface area contributed by atoms with Crippen LogP contribution in [-0.4, -0.2) is 21.7 Å². The highest BCUT2D eigenvalue weighted by atomic mass is 32.2. The Labute approximate surface area is 227 Å². The molecule has 1 N–H and O–H groups in total. The predicted molar refractivity (Wildman–Crippen MR) is 154 cm³/mol.